The maximum Gasteiger partial charge on any atom is 0.165 e. The van der Waals surface area contributed by atoms with Gasteiger partial charge in [-0.2, -0.15) is 0 Å². The Morgan fingerprint density at radius 2 is 2.12 bits per heavy atom. The molecule has 1 aromatic carbocycles. The second kappa shape index (κ2) is 5.77. The number of aryl methyl sites for hydroxylation is 1. The number of hydrogen-bond acceptors (Lipinski definition) is 5. The average molecular weight is 323 g/mol. The molecule has 0 saturated carbocycles. The van der Waals surface area contributed by atoms with Gasteiger partial charge < -0.3 is 14.3 Å². The highest BCUT2D eigenvalue weighted by Crippen LogP contribution is 2.22. The van der Waals surface area contributed by atoms with Gasteiger partial charge in [0.2, 0.25) is 0 Å². The van der Waals surface area contributed by atoms with Crippen molar-refractivity contribution in [2.75, 3.05) is 5.32 Å². The highest BCUT2D eigenvalue weighted by Gasteiger charge is 2.08. The Morgan fingerprint density at radius 3 is 2.96 bits per heavy atom. The Morgan fingerprint density at radius 1 is 1.21 bits per heavy atom. The van der Waals surface area contributed by atoms with Gasteiger partial charge in [-0.3, -0.25) is 4.98 Å². The highest BCUT2D eigenvalue weighted by molar-refractivity contribution is 5.78. The first-order valence-electron chi connectivity index (χ1n) is 7.40. The first-order valence-corrected chi connectivity index (χ1v) is 7.40. The van der Waals surface area contributed by atoms with Crippen molar-refractivity contribution in [3.05, 3.63) is 60.6 Å². The summed E-state index contributed by atoms with van der Waals surface area (Å²) in [5.41, 5.74) is 2.37. The molecule has 4 rings (SSSR count). The number of pyridine rings is 1. The Bertz CT molecular complexity index is 1010. The number of nitrogens with one attached hydrogen (secondary N) is 1. The minimum Gasteiger partial charge on any atom is -0.459 e. The van der Waals surface area contributed by atoms with Gasteiger partial charge >= 0.3 is 0 Å². The predicted octanol–water partition coefficient (Wildman–Crippen LogP) is 3.37. The van der Waals surface area contributed by atoms with Crippen molar-refractivity contribution in [2.45, 2.75) is 6.54 Å². The molecule has 1 N–H and O–H groups in total. The predicted molar refractivity (Wildman–Crippen MR) is 87.7 cm³/mol. The molecule has 4 aromatic rings. The molecule has 0 bridgehead atoms. The molecular weight excluding hydrogens is 309 g/mol. The Balaban J connectivity index is 1.54. The van der Waals surface area contributed by atoms with Crippen LogP contribution >= 0.6 is 0 Å². The smallest absolute Gasteiger partial charge is 0.165 e. The summed E-state index contributed by atoms with van der Waals surface area (Å²) in [7, 11) is 1.88. The molecule has 3 heterocycles. The number of furan rings is 1. The minimum atomic E-state index is -0.275. The van der Waals surface area contributed by atoms with Crippen molar-refractivity contribution in [1.29, 1.82) is 0 Å². The number of rotatable bonds is 4. The molecule has 7 heteroatoms. The normalized spacial score (nSPS) is 11.1. The van der Waals surface area contributed by atoms with Crippen LogP contribution in [0.3, 0.4) is 0 Å². The molecule has 0 atom stereocenters. The third kappa shape index (κ3) is 2.71. The summed E-state index contributed by atoms with van der Waals surface area (Å²) in [6.07, 6.45) is 5.10. The van der Waals surface area contributed by atoms with Crippen molar-refractivity contribution >= 4 is 16.7 Å². The fraction of sp³-hybridized carbons (Fsp3) is 0.118. The third-order valence-electron chi connectivity index (χ3n) is 3.70. The minimum absolute atomic E-state index is 0.275. The quantitative estimate of drug-likeness (QED) is 0.623. The van der Waals surface area contributed by atoms with Gasteiger partial charge in [0.15, 0.2) is 5.82 Å². The highest BCUT2D eigenvalue weighted by atomic mass is 19.1. The van der Waals surface area contributed by atoms with Gasteiger partial charge in [0.25, 0.3) is 0 Å². The van der Waals surface area contributed by atoms with E-state index in [-0.39, 0.29) is 5.82 Å². The number of benzene rings is 1. The van der Waals surface area contributed by atoms with Gasteiger partial charge in [0, 0.05) is 30.4 Å². The number of halogens is 1. The number of hydrogen-bond donors (Lipinski definition) is 1. The summed E-state index contributed by atoms with van der Waals surface area (Å²) in [4.78, 5) is 4.22. The average Bonchev–Trinajstić information content (AvgIpc) is 3.18. The van der Waals surface area contributed by atoms with E-state index in [0.717, 1.165) is 28.2 Å². The summed E-state index contributed by atoms with van der Waals surface area (Å²) < 4.78 is 20.7. The fourth-order valence-corrected chi connectivity index (χ4v) is 2.55. The van der Waals surface area contributed by atoms with Crippen LogP contribution in [0.1, 0.15) is 5.76 Å². The standard InChI is InChI=1S/C17H14FN5O/c1-23-10-21-22-17(23)12-5-14(8-19-7-12)20-9-15-6-11-4-13(18)2-3-16(11)24-15/h2-8,10,20H,9H2,1H3. The molecule has 0 unspecified atom stereocenters. The second-order valence-electron chi connectivity index (χ2n) is 5.48. The van der Waals surface area contributed by atoms with Crippen LogP contribution < -0.4 is 5.32 Å². The van der Waals surface area contributed by atoms with E-state index in [1.54, 1.807) is 24.8 Å². The van der Waals surface area contributed by atoms with Gasteiger partial charge in [-0.1, -0.05) is 0 Å². The number of nitrogens with zero attached hydrogens (tertiary/aromatic N) is 4. The molecule has 0 aliphatic rings. The first kappa shape index (κ1) is 14.4. The van der Waals surface area contributed by atoms with E-state index < -0.39 is 0 Å². The van der Waals surface area contributed by atoms with Crippen molar-refractivity contribution in [2.24, 2.45) is 7.05 Å². The van der Waals surface area contributed by atoms with E-state index >= 15 is 0 Å². The molecule has 6 nitrogen and oxygen atoms in total. The van der Waals surface area contributed by atoms with Crippen molar-refractivity contribution in [1.82, 2.24) is 19.7 Å². The molecule has 120 valence electrons. The summed E-state index contributed by atoms with van der Waals surface area (Å²) in [5, 5.41) is 11.9. The van der Waals surface area contributed by atoms with Gasteiger partial charge in [-0.15, -0.1) is 10.2 Å². The molecule has 24 heavy (non-hydrogen) atoms. The Hall–Kier alpha value is -3.22. The van der Waals surface area contributed by atoms with Gasteiger partial charge in [0.05, 0.1) is 12.2 Å². The number of anilines is 1. The largest absolute Gasteiger partial charge is 0.459 e. The summed E-state index contributed by atoms with van der Waals surface area (Å²) in [6.45, 7) is 0.472. The third-order valence-corrected chi connectivity index (χ3v) is 3.70. The topological polar surface area (TPSA) is 68.8 Å². The molecule has 0 amide bonds. The lowest BCUT2D eigenvalue weighted by Crippen LogP contribution is -1.99. The molecule has 0 fully saturated rings. The number of fused-ring (bicyclic) bond motifs is 1. The molecule has 0 radical (unpaired) electrons. The number of aromatic nitrogens is 4. The Labute approximate surface area is 137 Å². The fourth-order valence-electron chi connectivity index (χ4n) is 2.55. The SMILES string of the molecule is Cn1cnnc1-c1cncc(NCc2cc3cc(F)ccc3o2)c1. The van der Waals surface area contributed by atoms with Crippen LogP contribution in [0.4, 0.5) is 10.1 Å². The van der Waals surface area contributed by atoms with E-state index in [0.29, 0.717) is 12.1 Å². The van der Waals surface area contributed by atoms with Crippen LogP contribution in [0.15, 0.2) is 53.5 Å². The molecular formula is C17H14FN5O. The molecule has 0 aliphatic carbocycles. The van der Waals surface area contributed by atoms with E-state index in [1.807, 2.05) is 23.7 Å². The lowest BCUT2D eigenvalue weighted by atomic mass is 10.2. The zero-order valence-electron chi connectivity index (χ0n) is 12.9. The molecule has 0 saturated heterocycles. The zero-order valence-corrected chi connectivity index (χ0v) is 12.9. The van der Waals surface area contributed by atoms with Crippen LogP contribution in [-0.2, 0) is 13.6 Å². The maximum atomic E-state index is 13.2. The van der Waals surface area contributed by atoms with Gasteiger partial charge in [0.1, 0.15) is 23.5 Å². The van der Waals surface area contributed by atoms with Crippen LogP contribution in [0.2, 0.25) is 0 Å². The van der Waals surface area contributed by atoms with Crippen molar-refractivity contribution in [3.63, 3.8) is 0 Å². The lowest BCUT2D eigenvalue weighted by molar-refractivity contribution is 0.558. The maximum absolute atomic E-state index is 13.2. The zero-order chi connectivity index (χ0) is 16.5. The van der Waals surface area contributed by atoms with Gasteiger partial charge in [-0.25, -0.2) is 4.39 Å². The van der Waals surface area contributed by atoms with E-state index in [9.17, 15) is 4.39 Å². The van der Waals surface area contributed by atoms with Gasteiger partial charge in [-0.05, 0) is 30.3 Å². The summed E-state index contributed by atoms with van der Waals surface area (Å²) in [5.74, 6) is 1.19. The van der Waals surface area contributed by atoms with Crippen molar-refractivity contribution in [3.8, 4) is 11.4 Å². The Kier molecular flexibility index (Phi) is 3.45. The van der Waals surface area contributed by atoms with E-state index in [1.165, 1.54) is 12.1 Å². The molecule has 0 aliphatic heterocycles. The first-order chi connectivity index (χ1) is 11.7. The van der Waals surface area contributed by atoms with Crippen LogP contribution in [-0.4, -0.2) is 19.7 Å². The lowest BCUT2D eigenvalue weighted by Gasteiger charge is -2.06. The van der Waals surface area contributed by atoms with E-state index in [4.69, 9.17) is 4.42 Å². The summed E-state index contributed by atoms with van der Waals surface area (Å²) >= 11 is 0. The van der Waals surface area contributed by atoms with Crippen molar-refractivity contribution < 1.29 is 8.81 Å². The second-order valence-corrected chi connectivity index (χ2v) is 5.48. The summed E-state index contributed by atoms with van der Waals surface area (Å²) in [6, 6.07) is 8.24. The van der Waals surface area contributed by atoms with E-state index in [2.05, 4.69) is 20.5 Å². The van der Waals surface area contributed by atoms with Crippen LogP contribution in [0, 0.1) is 5.82 Å². The van der Waals surface area contributed by atoms with Crippen LogP contribution in [0.25, 0.3) is 22.4 Å². The molecule has 0 spiro atoms. The monoisotopic (exact) mass is 323 g/mol. The molecule has 3 aromatic heterocycles. The van der Waals surface area contributed by atoms with Crippen LogP contribution in [0.5, 0.6) is 0 Å².